The maximum atomic E-state index is 12.1. The first kappa shape index (κ1) is 23.6. The van der Waals surface area contributed by atoms with E-state index in [9.17, 15) is 34.6 Å². The summed E-state index contributed by atoms with van der Waals surface area (Å²) in [6.07, 6.45) is -0.598. The summed E-state index contributed by atoms with van der Waals surface area (Å²) in [5, 5.41) is 28.3. The minimum absolute atomic E-state index is 0.0249. The number of hydrogen-bond acceptors (Lipinski definition) is 8. The molecule has 0 aliphatic heterocycles. The average molecular weight is 442 g/mol. The second-order valence-corrected chi connectivity index (χ2v) is 6.55. The molecule has 32 heavy (non-hydrogen) atoms. The quantitative estimate of drug-likeness (QED) is 0.298. The van der Waals surface area contributed by atoms with Gasteiger partial charge in [-0.15, -0.1) is 0 Å². The van der Waals surface area contributed by atoms with Gasteiger partial charge < -0.3 is 11.1 Å². The number of nitro benzene ring substituents is 2. The van der Waals surface area contributed by atoms with Crippen molar-refractivity contribution in [2.75, 3.05) is 5.32 Å². The molecule has 0 spiro atoms. The molecule has 13 heteroatoms. The second kappa shape index (κ2) is 10.4. The molecule has 2 rings (SSSR count). The van der Waals surface area contributed by atoms with Crippen LogP contribution in [0.5, 0.6) is 0 Å². The van der Waals surface area contributed by atoms with Crippen LogP contribution in [0.2, 0.25) is 0 Å². The number of primary amides is 1. The summed E-state index contributed by atoms with van der Waals surface area (Å²) in [6, 6.07) is 8.88. The Labute approximate surface area is 180 Å². The minimum atomic E-state index is -0.815. The maximum absolute atomic E-state index is 12.1. The molecule has 4 N–H and O–H groups in total. The van der Waals surface area contributed by atoms with Crippen LogP contribution in [0.1, 0.15) is 29.3 Å². The minimum Gasteiger partial charge on any atom is -0.366 e. The topological polar surface area (TPSA) is 200 Å². The molecule has 13 nitrogen and oxygen atoms in total. The summed E-state index contributed by atoms with van der Waals surface area (Å²) in [5.41, 5.74) is 7.25. The summed E-state index contributed by atoms with van der Waals surface area (Å²) in [5.74, 6) is -1.73. The number of amides is 3. The molecule has 0 bridgehead atoms. The molecule has 0 radical (unpaired) electrons. The number of anilines is 1. The van der Waals surface area contributed by atoms with Crippen molar-refractivity contribution in [3.8, 4) is 0 Å². The number of rotatable bonds is 9. The van der Waals surface area contributed by atoms with Gasteiger partial charge in [0.2, 0.25) is 17.7 Å². The van der Waals surface area contributed by atoms with Crippen molar-refractivity contribution in [3.63, 3.8) is 0 Å². The van der Waals surface area contributed by atoms with Crippen molar-refractivity contribution in [1.29, 1.82) is 0 Å². The number of nitro groups is 2. The highest BCUT2D eigenvalue weighted by molar-refractivity contribution is 6.06. The number of carbonyl (C=O) groups excluding carboxylic acids is 3. The van der Waals surface area contributed by atoms with E-state index in [0.29, 0.717) is 5.69 Å². The zero-order valence-corrected chi connectivity index (χ0v) is 16.7. The summed E-state index contributed by atoms with van der Waals surface area (Å²) < 4.78 is 0. The molecular formula is C19H18N6O7. The number of nitrogens with zero attached hydrogens (tertiary/aromatic N) is 3. The van der Waals surface area contributed by atoms with Crippen LogP contribution in [0.25, 0.3) is 0 Å². The van der Waals surface area contributed by atoms with Crippen LogP contribution in [0, 0.1) is 20.2 Å². The smallest absolute Gasteiger partial charge is 0.279 e. The van der Waals surface area contributed by atoms with Gasteiger partial charge in [-0.25, -0.2) is 5.43 Å². The van der Waals surface area contributed by atoms with Crippen molar-refractivity contribution in [3.05, 3.63) is 73.8 Å². The van der Waals surface area contributed by atoms with Gasteiger partial charge in [-0.1, -0.05) is 0 Å². The van der Waals surface area contributed by atoms with Crippen LogP contribution in [0.4, 0.5) is 17.1 Å². The number of non-ortho nitro benzene ring substituents is 1. The Bertz CT molecular complexity index is 1110. The third-order valence-electron chi connectivity index (χ3n) is 4.07. The molecule has 2 aromatic carbocycles. The maximum Gasteiger partial charge on any atom is 0.279 e. The zero-order chi connectivity index (χ0) is 23.8. The van der Waals surface area contributed by atoms with Gasteiger partial charge >= 0.3 is 0 Å². The lowest BCUT2D eigenvalue weighted by atomic mass is 10.1. The van der Waals surface area contributed by atoms with Gasteiger partial charge in [0, 0.05) is 28.6 Å². The molecule has 0 saturated heterocycles. The highest BCUT2D eigenvalue weighted by atomic mass is 16.6. The van der Waals surface area contributed by atoms with E-state index in [1.807, 2.05) is 0 Å². The van der Waals surface area contributed by atoms with Gasteiger partial charge in [0.25, 0.3) is 11.4 Å². The predicted octanol–water partition coefficient (Wildman–Crippen LogP) is 1.67. The molecule has 0 unspecified atom stereocenters. The van der Waals surface area contributed by atoms with Crippen LogP contribution in [0.3, 0.4) is 0 Å². The number of nitrogens with one attached hydrogen (secondary N) is 2. The van der Waals surface area contributed by atoms with Gasteiger partial charge in [0.15, 0.2) is 0 Å². The molecule has 0 aliphatic carbocycles. The molecule has 0 aromatic heterocycles. The van der Waals surface area contributed by atoms with Crippen LogP contribution in [-0.4, -0.2) is 33.3 Å². The van der Waals surface area contributed by atoms with Crippen LogP contribution in [-0.2, 0) is 16.0 Å². The fraction of sp³-hybridized carbons (Fsp3) is 0.158. The third-order valence-corrected chi connectivity index (χ3v) is 4.07. The first-order chi connectivity index (χ1) is 15.1. The van der Waals surface area contributed by atoms with E-state index in [1.54, 1.807) is 0 Å². The van der Waals surface area contributed by atoms with Crippen LogP contribution >= 0.6 is 0 Å². The lowest BCUT2D eigenvalue weighted by molar-refractivity contribution is -0.394. The van der Waals surface area contributed by atoms with Crippen molar-refractivity contribution < 1.29 is 24.2 Å². The van der Waals surface area contributed by atoms with Crippen LogP contribution in [0.15, 0.2) is 47.6 Å². The van der Waals surface area contributed by atoms with Crippen LogP contribution < -0.4 is 16.5 Å². The first-order valence-corrected chi connectivity index (χ1v) is 9.00. The van der Waals surface area contributed by atoms with Crippen molar-refractivity contribution in [2.24, 2.45) is 10.8 Å². The fourth-order valence-electron chi connectivity index (χ4n) is 2.55. The normalized spacial score (nSPS) is 10.8. The SMILES string of the molecule is C/C(CC(=O)Nc1ccc(C(N)=O)cc1)=N/NC(=O)Cc1ccc([N+](=O)[O-])cc1[N+](=O)[O-]. The Morgan fingerprint density at radius 2 is 1.66 bits per heavy atom. The fourth-order valence-corrected chi connectivity index (χ4v) is 2.55. The number of nitrogens with two attached hydrogens (primary N) is 1. The lowest BCUT2D eigenvalue weighted by Crippen LogP contribution is -2.23. The van der Waals surface area contributed by atoms with E-state index in [0.717, 1.165) is 18.2 Å². The Hall–Kier alpha value is -4.68. The van der Waals surface area contributed by atoms with Gasteiger partial charge in [-0.2, -0.15) is 5.10 Å². The Morgan fingerprint density at radius 3 is 2.22 bits per heavy atom. The molecule has 2 aromatic rings. The molecule has 3 amide bonds. The highest BCUT2D eigenvalue weighted by Crippen LogP contribution is 2.25. The summed E-state index contributed by atoms with van der Waals surface area (Å²) >= 11 is 0. The Morgan fingerprint density at radius 1 is 1.00 bits per heavy atom. The molecule has 0 aliphatic rings. The number of carbonyl (C=O) groups is 3. The van der Waals surface area contributed by atoms with Gasteiger partial charge in [-0.05, 0) is 37.3 Å². The van der Waals surface area contributed by atoms with Crippen molar-refractivity contribution in [1.82, 2.24) is 5.43 Å². The third kappa shape index (κ3) is 6.69. The molecular weight excluding hydrogens is 424 g/mol. The largest absolute Gasteiger partial charge is 0.366 e. The first-order valence-electron chi connectivity index (χ1n) is 9.00. The van der Waals surface area contributed by atoms with E-state index in [2.05, 4.69) is 15.8 Å². The van der Waals surface area contributed by atoms with E-state index >= 15 is 0 Å². The predicted molar refractivity (Wildman–Crippen MR) is 113 cm³/mol. The van der Waals surface area contributed by atoms with E-state index < -0.39 is 45.4 Å². The number of hydrazone groups is 1. The van der Waals surface area contributed by atoms with E-state index in [-0.39, 0.29) is 23.3 Å². The monoisotopic (exact) mass is 442 g/mol. The van der Waals surface area contributed by atoms with Gasteiger partial charge in [0.05, 0.1) is 28.8 Å². The molecule has 0 fully saturated rings. The van der Waals surface area contributed by atoms with Crippen molar-refractivity contribution in [2.45, 2.75) is 19.8 Å². The van der Waals surface area contributed by atoms with Gasteiger partial charge in [-0.3, -0.25) is 34.6 Å². The zero-order valence-electron chi connectivity index (χ0n) is 16.7. The second-order valence-electron chi connectivity index (χ2n) is 6.55. The summed E-state index contributed by atoms with van der Waals surface area (Å²) in [4.78, 5) is 55.5. The Kier molecular flexibility index (Phi) is 7.65. The standard InChI is InChI=1S/C19H18N6O7/c1-11(8-17(26)21-14-5-2-12(3-6-14)19(20)28)22-23-18(27)9-13-4-7-15(24(29)30)10-16(13)25(31)32/h2-7,10H,8-9H2,1H3,(H2,20,28)(H,21,26)(H,23,27)/b22-11-. The number of hydrogen-bond donors (Lipinski definition) is 3. The molecule has 0 saturated carbocycles. The van der Waals surface area contributed by atoms with Crippen molar-refractivity contribution >= 4 is 40.5 Å². The lowest BCUT2D eigenvalue weighted by Gasteiger charge is -2.06. The summed E-state index contributed by atoms with van der Waals surface area (Å²) in [7, 11) is 0. The molecule has 0 atom stereocenters. The molecule has 166 valence electrons. The Balaban J connectivity index is 1.94. The number of benzene rings is 2. The van der Waals surface area contributed by atoms with E-state index in [1.165, 1.54) is 31.2 Å². The summed E-state index contributed by atoms with van der Waals surface area (Å²) in [6.45, 7) is 1.49. The average Bonchev–Trinajstić information content (AvgIpc) is 2.72. The highest BCUT2D eigenvalue weighted by Gasteiger charge is 2.21. The van der Waals surface area contributed by atoms with Gasteiger partial charge in [0.1, 0.15) is 0 Å². The molecule has 0 heterocycles. The van der Waals surface area contributed by atoms with E-state index in [4.69, 9.17) is 5.73 Å².